The van der Waals surface area contributed by atoms with E-state index in [9.17, 15) is 0 Å². The fourth-order valence-electron chi connectivity index (χ4n) is 2.19. The number of allylic oxidation sites excluding steroid dienone is 1. The summed E-state index contributed by atoms with van der Waals surface area (Å²) in [7, 11) is 0. The molecule has 0 aromatic heterocycles. The van der Waals surface area contributed by atoms with Gasteiger partial charge in [-0.1, -0.05) is 12.2 Å². The molecule has 1 N–H and O–H groups in total. The first-order valence-electron chi connectivity index (χ1n) is 4.62. The third-order valence-electron chi connectivity index (χ3n) is 3.29. The molecule has 3 atom stereocenters. The Morgan fingerprint density at radius 3 is 3.00 bits per heavy atom. The fraction of sp³-hybridized carbons (Fsp3) is 0.800. The van der Waals surface area contributed by atoms with Gasteiger partial charge in [-0.3, -0.25) is 0 Å². The minimum atomic E-state index is -0.133. The van der Waals surface area contributed by atoms with E-state index in [1.165, 1.54) is 5.57 Å². The van der Waals surface area contributed by atoms with Crippen molar-refractivity contribution in [2.24, 2.45) is 5.92 Å². The monoisotopic (exact) mass is 168 g/mol. The summed E-state index contributed by atoms with van der Waals surface area (Å²) in [6.45, 7) is 6.24. The van der Waals surface area contributed by atoms with Gasteiger partial charge in [-0.2, -0.15) is 0 Å². The molecule has 1 aliphatic heterocycles. The molecule has 1 saturated carbocycles. The van der Waals surface area contributed by atoms with Crippen LogP contribution >= 0.6 is 0 Å². The number of aliphatic hydroxyl groups excluding tert-OH is 1. The van der Waals surface area contributed by atoms with Crippen LogP contribution in [0.1, 0.15) is 26.2 Å². The summed E-state index contributed by atoms with van der Waals surface area (Å²) in [5.41, 5.74) is 1.13. The van der Waals surface area contributed by atoms with Crippen LogP contribution in [0.25, 0.3) is 0 Å². The second-order valence-electron chi connectivity index (χ2n) is 4.15. The van der Waals surface area contributed by atoms with E-state index in [2.05, 4.69) is 13.5 Å². The number of fused-ring (bicyclic) bond motifs is 1. The zero-order chi connectivity index (χ0) is 8.77. The van der Waals surface area contributed by atoms with Crippen molar-refractivity contribution in [1.82, 2.24) is 0 Å². The second kappa shape index (κ2) is 2.57. The summed E-state index contributed by atoms with van der Waals surface area (Å²) >= 11 is 0. The van der Waals surface area contributed by atoms with E-state index in [0.717, 1.165) is 19.3 Å². The maximum absolute atomic E-state index is 9.07. The largest absolute Gasteiger partial charge is 0.393 e. The van der Waals surface area contributed by atoms with Gasteiger partial charge in [0.25, 0.3) is 0 Å². The smallest absolute Gasteiger partial charge is 0.118 e. The highest BCUT2D eigenvalue weighted by molar-refractivity contribution is 5.11. The molecule has 0 amide bonds. The lowest BCUT2D eigenvalue weighted by Gasteiger charge is -2.23. The number of hydrogen-bond donors (Lipinski definition) is 1. The predicted molar refractivity (Wildman–Crippen MR) is 46.8 cm³/mol. The second-order valence-corrected chi connectivity index (χ2v) is 4.15. The third kappa shape index (κ3) is 1.10. The van der Waals surface area contributed by atoms with Crippen LogP contribution in [0.15, 0.2) is 12.2 Å². The van der Waals surface area contributed by atoms with Crippen molar-refractivity contribution in [3.63, 3.8) is 0 Å². The Morgan fingerprint density at radius 1 is 1.75 bits per heavy atom. The molecule has 1 aliphatic carbocycles. The first kappa shape index (κ1) is 8.27. The predicted octanol–water partition coefficient (Wildman–Crippen LogP) is 1.49. The van der Waals surface area contributed by atoms with Crippen molar-refractivity contribution in [2.45, 2.75) is 37.9 Å². The van der Waals surface area contributed by atoms with E-state index < -0.39 is 0 Å². The van der Waals surface area contributed by atoms with Crippen LogP contribution in [0.5, 0.6) is 0 Å². The first-order chi connectivity index (χ1) is 5.68. The van der Waals surface area contributed by atoms with Crippen LogP contribution in [0.4, 0.5) is 0 Å². The molecular formula is C10H16O2. The molecule has 68 valence electrons. The lowest BCUT2D eigenvalue weighted by atomic mass is 9.79. The minimum Gasteiger partial charge on any atom is -0.393 e. The number of hydrogen-bond acceptors (Lipinski definition) is 2. The Balaban J connectivity index is 1.96. The molecule has 2 fully saturated rings. The summed E-state index contributed by atoms with van der Waals surface area (Å²) in [5.74, 6) is 0.622. The number of epoxide rings is 1. The van der Waals surface area contributed by atoms with Crippen molar-refractivity contribution in [3.8, 4) is 0 Å². The Hall–Kier alpha value is -0.340. The third-order valence-corrected chi connectivity index (χ3v) is 3.29. The van der Waals surface area contributed by atoms with Gasteiger partial charge < -0.3 is 9.84 Å². The van der Waals surface area contributed by atoms with E-state index in [0.29, 0.717) is 12.0 Å². The molecule has 2 nitrogen and oxygen atoms in total. The van der Waals surface area contributed by atoms with Crippen molar-refractivity contribution in [1.29, 1.82) is 0 Å². The summed E-state index contributed by atoms with van der Waals surface area (Å²) < 4.78 is 5.50. The van der Waals surface area contributed by atoms with Crippen molar-refractivity contribution >= 4 is 0 Å². The molecule has 12 heavy (non-hydrogen) atoms. The molecule has 0 aromatic carbocycles. The highest BCUT2D eigenvalue weighted by Crippen LogP contribution is 2.50. The molecule has 2 aliphatic rings. The topological polar surface area (TPSA) is 32.8 Å². The van der Waals surface area contributed by atoms with Crippen LogP contribution in [0.3, 0.4) is 0 Å². The molecule has 0 aromatic rings. The zero-order valence-corrected chi connectivity index (χ0v) is 7.55. The Morgan fingerprint density at radius 2 is 2.50 bits per heavy atom. The van der Waals surface area contributed by atoms with Gasteiger partial charge in [-0.05, 0) is 32.1 Å². The molecule has 0 bridgehead atoms. The maximum atomic E-state index is 9.07. The van der Waals surface area contributed by atoms with Gasteiger partial charge in [0.05, 0.1) is 12.7 Å². The molecule has 0 unspecified atom stereocenters. The maximum Gasteiger partial charge on any atom is 0.118 e. The van der Waals surface area contributed by atoms with Crippen molar-refractivity contribution < 1.29 is 9.84 Å². The summed E-state index contributed by atoms with van der Waals surface area (Å²) in [5, 5.41) is 9.07. The lowest BCUT2D eigenvalue weighted by Crippen LogP contribution is -2.27. The lowest BCUT2D eigenvalue weighted by molar-refractivity contribution is 0.160. The molecular weight excluding hydrogens is 152 g/mol. The van der Waals surface area contributed by atoms with Gasteiger partial charge in [0.2, 0.25) is 0 Å². The van der Waals surface area contributed by atoms with Crippen LogP contribution < -0.4 is 0 Å². The van der Waals surface area contributed by atoms with E-state index in [-0.39, 0.29) is 12.2 Å². The minimum absolute atomic E-state index is 0.133. The number of ether oxygens (including phenoxy) is 1. The normalized spacial score (nSPS) is 45.2. The average Bonchev–Trinajstić information content (AvgIpc) is 2.77. The summed E-state index contributed by atoms with van der Waals surface area (Å²) in [4.78, 5) is 0. The van der Waals surface area contributed by atoms with Gasteiger partial charge in [-0.25, -0.2) is 0 Å². The van der Waals surface area contributed by atoms with Gasteiger partial charge in [0.1, 0.15) is 5.60 Å². The number of aliphatic hydroxyl groups is 1. The highest BCUT2D eigenvalue weighted by Gasteiger charge is 2.58. The SMILES string of the molecule is C=C(C)[C@@H]1CC[C@@]2(CO)O[C@@H]2C1. The van der Waals surface area contributed by atoms with Gasteiger partial charge >= 0.3 is 0 Å². The molecule has 1 heterocycles. The van der Waals surface area contributed by atoms with Gasteiger partial charge in [0.15, 0.2) is 0 Å². The zero-order valence-electron chi connectivity index (χ0n) is 7.55. The molecule has 0 spiro atoms. The molecule has 2 rings (SSSR count). The first-order valence-corrected chi connectivity index (χ1v) is 4.62. The van der Waals surface area contributed by atoms with Crippen LogP contribution in [0.2, 0.25) is 0 Å². The number of rotatable bonds is 2. The van der Waals surface area contributed by atoms with E-state index in [1.807, 2.05) is 0 Å². The van der Waals surface area contributed by atoms with E-state index in [4.69, 9.17) is 9.84 Å². The van der Waals surface area contributed by atoms with Crippen molar-refractivity contribution in [2.75, 3.05) is 6.61 Å². The standard InChI is InChI=1S/C10H16O2/c1-7(2)8-3-4-10(6-11)9(5-8)12-10/h8-9,11H,1,3-6H2,2H3/t8-,9-,10+/m1/s1. The molecule has 0 radical (unpaired) electrons. The van der Waals surface area contributed by atoms with Gasteiger partial charge in [0, 0.05) is 0 Å². The van der Waals surface area contributed by atoms with Gasteiger partial charge in [-0.15, -0.1) is 0 Å². The van der Waals surface area contributed by atoms with E-state index in [1.54, 1.807) is 0 Å². The quantitative estimate of drug-likeness (QED) is 0.500. The molecule has 1 saturated heterocycles. The van der Waals surface area contributed by atoms with E-state index >= 15 is 0 Å². The summed E-state index contributed by atoms with van der Waals surface area (Å²) in [6, 6.07) is 0. The van der Waals surface area contributed by atoms with Crippen LogP contribution in [-0.2, 0) is 4.74 Å². The average molecular weight is 168 g/mol. The highest BCUT2D eigenvalue weighted by atomic mass is 16.6. The van der Waals surface area contributed by atoms with Crippen LogP contribution in [-0.4, -0.2) is 23.4 Å². The Labute approximate surface area is 73.2 Å². The fourth-order valence-corrected chi connectivity index (χ4v) is 2.19. The van der Waals surface area contributed by atoms with Crippen LogP contribution in [0, 0.1) is 5.92 Å². The van der Waals surface area contributed by atoms with Crippen molar-refractivity contribution in [3.05, 3.63) is 12.2 Å². The molecule has 2 heteroatoms. The summed E-state index contributed by atoms with van der Waals surface area (Å²) in [6.07, 6.45) is 3.52. The Bertz CT molecular complexity index is 212. The Kier molecular flexibility index (Phi) is 1.77.